The van der Waals surface area contributed by atoms with Crippen molar-refractivity contribution < 1.29 is 19.1 Å². The lowest BCUT2D eigenvalue weighted by molar-refractivity contribution is -0.148. The van der Waals surface area contributed by atoms with E-state index in [-0.39, 0.29) is 42.0 Å². The van der Waals surface area contributed by atoms with Crippen molar-refractivity contribution >= 4 is 17.8 Å². The van der Waals surface area contributed by atoms with Gasteiger partial charge in [0.2, 0.25) is 11.8 Å². The Hall–Kier alpha value is -2.43. The van der Waals surface area contributed by atoms with Crippen LogP contribution in [0.3, 0.4) is 0 Å². The molecule has 0 radical (unpaired) electrons. The van der Waals surface area contributed by atoms with Gasteiger partial charge in [-0.15, -0.1) is 0 Å². The minimum absolute atomic E-state index is 0.177. The van der Waals surface area contributed by atoms with Crippen molar-refractivity contribution in [2.24, 2.45) is 35.5 Å². The third kappa shape index (κ3) is 1.84. The summed E-state index contributed by atoms with van der Waals surface area (Å²) in [4.78, 5) is 38.8. The van der Waals surface area contributed by atoms with Crippen LogP contribution < -0.4 is 4.74 Å². The first-order valence-corrected chi connectivity index (χ1v) is 8.44. The van der Waals surface area contributed by atoms with Crippen molar-refractivity contribution in [2.75, 3.05) is 6.54 Å². The third-order valence-corrected chi connectivity index (χ3v) is 6.02. The summed E-state index contributed by atoms with van der Waals surface area (Å²) >= 11 is 0. The van der Waals surface area contributed by atoms with E-state index >= 15 is 0 Å². The second-order valence-electron chi connectivity index (χ2n) is 7.20. The Balaban J connectivity index is 1.34. The molecule has 0 aromatic heterocycles. The minimum atomic E-state index is -0.577. The van der Waals surface area contributed by atoms with Crippen LogP contribution in [0.25, 0.3) is 0 Å². The molecule has 2 amide bonds. The first kappa shape index (κ1) is 14.0. The van der Waals surface area contributed by atoms with Gasteiger partial charge in [-0.1, -0.05) is 30.4 Å². The van der Waals surface area contributed by atoms with E-state index in [1.165, 1.54) is 0 Å². The highest BCUT2D eigenvalue weighted by Crippen LogP contribution is 2.65. The van der Waals surface area contributed by atoms with Gasteiger partial charge in [0, 0.05) is 0 Å². The van der Waals surface area contributed by atoms with Crippen LogP contribution in [0.15, 0.2) is 42.5 Å². The number of allylic oxidation sites excluding steroid dienone is 2. The molecule has 1 aromatic carbocycles. The Bertz CT molecular complexity index is 735. The van der Waals surface area contributed by atoms with Gasteiger partial charge in [0.1, 0.15) is 12.3 Å². The molecule has 1 heterocycles. The lowest BCUT2D eigenvalue weighted by Crippen LogP contribution is -2.40. The van der Waals surface area contributed by atoms with E-state index in [2.05, 4.69) is 12.2 Å². The van der Waals surface area contributed by atoms with Gasteiger partial charge in [0.15, 0.2) is 0 Å². The molecule has 5 nitrogen and oxygen atoms in total. The van der Waals surface area contributed by atoms with Crippen molar-refractivity contribution in [1.82, 2.24) is 4.90 Å². The summed E-state index contributed by atoms with van der Waals surface area (Å²) in [6.07, 6.45) is 5.37. The van der Waals surface area contributed by atoms with E-state index in [4.69, 9.17) is 4.74 Å². The zero-order valence-electron chi connectivity index (χ0n) is 13.0. The van der Waals surface area contributed by atoms with E-state index in [9.17, 15) is 14.4 Å². The number of rotatable bonds is 3. The summed E-state index contributed by atoms with van der Waals surface area (Å²) in [5.41, 5.74) is 0. The number of nitrogens with zero attached hydrogens (tertiary/aromatic N) is 1. The molecule has 2 bridgehead atoms. The van der Waals surface area contributed by atoms with Crippen LogP contribution >= 0.6 is 0 Å². The SMILES string of the molecule is O=C(CN1C(=O)[C@@H]2[C@H]3C=C[C@@H]([C@@H]4C[C@H]34)[C@@H]2C1=O)Oc1ccccc1. The summed E-state index contributed by atoms with van der Waals surface area (Å²) in [5, 5.41) is 0. The average Bonchev–Trinajstić information content (AvgIpc) is 3.37. The largest absolute Gasteiger partial charge is 0.425 e. The number of carbonyl (C=O) groups is 3. The van der Waals surface area contributed by atoms with E-state index in [1.807, 2.05) is 6.07 Å². The van der Waals surface area contributed by atoms with Crippen LogP contribution in [0.5, 0.6) is 5.75 Å². The van der Waals surface area contributed by atoms with E-state index in [0.29, 0.717) is 17.6 Å². The van der Waals surface area contributed by atoms with Crippen LogP contribution in [0.2, 0.25) is 0 Å². The Kier molecular flexibility index (Phi) is 2.78. The van der Waals surface area contributed by atoms with Crippen LogP contribution in [-0.4, -0.2) is 29.2 Å². The molecule has 0 N–H and O–H groups in total. The van der Waals surface area contributed by atoms with Crippen molar-refractivity contribution in [3.05, 3.63) is 42.5 Å². The molecule has 1 saturated heterocycles. The van der Waals surface area contributed by atoms with Gasteiger partial charge in [-0.3, -0.25) is 14.5 Å². The highest BCUT2D eigenvalue weighted by Gasteiger charge is 2.67. The maximum atomic E-state index is 12.8. The lowest BCUT2D eigenvalue weighted by atomic mass is 9.63. The van der Waals surface area contributed by atoms with Crippen LogP contribution in [-0.2, 0) is 14.4 Å². The summed E-state index contributed by atoms with van der Waals surface area (Å²) < 4.78 is 5.22. The smallest absolute Gasteiger partial charge is 0.331 e. The number of likely N-dealkylation sites (tertiary alicyclic amines) is 1. The summed E-state index contributed by atoms with van der Waals surface area (Å²) in [6.45, 7) is -0.297. The molecule has 24 heavy (non-hydrogen) atoms. The molecule has 4 aliphatic carbocycles. The van der Waals surface area contributed by atoms with Crippen molar-refractivity contribution in [3.8, 4) is 5.75 Å². The van der Waals surface area contributed by atoms with E-state index in [1.54, 1.807) is 24.3 Å². The van der Waals surface area contributed by atoms with E-state index < -0.39 is 5.97 Å². The number of benzene rings is 1. The Morgan fingerprint density at radius 3 is 2.17 bits per heavy atom. The maximum Gasteiger partial charge on any atom is 0.331 e. The first-order chi connectivity index (χ1) is 11.6. The summed E-state index contributed by atoms with van der Waals surface area (Å²) in [5.74, 6) is 0.409. The number of amides is 2. The minimum Gasteiger partial charge on any atom is -0.425 e. The highest BCUT2D eigenvalue weighted by molar-refractivity contribution is 6.08. The average molecular weight is 323 g/mol. The predicted molar refractivity (Wildman–Crippen MR) is 83.5 cm³/mol. The van der Waals surface area contributed by atoms with Crippen molar-refractivity contribution in [2.45, 2.75) is 6.42 Å². The fraction of sp³-hybridized carbons (Fsp3) is 0.421. The van der Waals surface area contributed by atoms with Crippen molar-refractivity contribution in [3.63, 3.8) is 0 Å². The Morgan fingerprint density at radius 1 is 1.00 bits per heavy atom. The normalized spacial score (nSPS) is 38.1. The molecule has 5 aliphatic rings. The van der Waals surface area contributed by atoms with Gasteiger partial charge in [-0.05, 0) is 42.2 Å². The molecule has 0 unspecified atom stereocenters. The van der Waals surface area contributed by atoms with Gasteiger partial charge in [0.25, 0.3) is 0 Å². The lowest BCUT2D eigenvalue weighted by Gasteiger charge is -2.37. The van der Waals surface area contributed by atoms with E-state index in [0.717, 1.165) is 11.3 Å². The quantitative estimate of drug-likeness (QED) is 0.367. The fourth-order valence-corrected chi connectivity index (χ4v) is 4.96. The van der Waals surface area contributed by atoms with Crippen LogP contribution in [0.1, 0.15) is 6.42 Å². The molecule has 3 fully saturated rings. The van der Waals surface area contributed by atoms with Crippen LogP contribution in [0, 0.1) is 35.5 Å². The molecule has 122 valence electrons. The number of imide groups is 1. The maximum absolute atomic E-state index is 12.8. The third-order valence-electron chi connectivity index (χ3n) is 6.02. The number of hydrogen-bond donors (Lipinski definition) is 0. The molecular formula is C19H17NO4. The molecular weight excluding hydrogens is 306 g/mol. The second-order valence-corrected chi connectivity index (χ2v) is 7.20. The number of hydrogen-bond acceptors (Lipinski definition) is 4. The number of carbonyl (C=O) groups excluding carboxylic acids is 3. The number of para-hydroxylation sites is 1. The molecule has 0 spiro atoms. The molecule has 2 saturated carbocycles. The summed E-state index contributed by atoms with van der Waals surface area (Å²) in [7, 11) is 0. The molecule has 1 aromatic rings. The van der Waals surface area contributed by atoms with Gasteiger partial charge in [0.05, 0.1) is 11.8 Å². The van der Waals surface area contributed by atoms with Gasteiger partial charge >= 0.3 is 5.97 Å². The second kappa shape index (κ2) is 4.79. The first-order valence-electron chi connectivity index (χ1n) is 8.44. The monoisotopic (exact) mass is 323 g/mol. The van der Waals surface area contributed by atoms with Crippen LogP contribution in [0.4, 0.5) is 0 Å². The standard InChI is InChI=1S/C19H17NO4/c21-15(24-10-4-2-1-3-5-10)9-20-18(22)16-11-6-7-12(14-8-13(11)14)17(16)19(20)23/h1-7,11-14,16-17H,8-9H2/t11-,12-,13-,14+,16-,17+/m0/s1. The predicted octanol–water partition coefficient (Wildman–Crippen LogP) is 1.65. The molecule has 1 aliphatic heterocycles. The molecule has 5 heteroatoms. The highest BCUT2D eigenvalue weighted by atomic mass is 16.5. The van der Waals surface area contributed by atoms with Gasteiger partial charge in [-0.2, -0.15) is 0 Å². The number of esters is 1. The zero-order valence-corrected chi connectivity index (χ0v) is 13.0. The molecule has 6 atom stereocenters. The molecule has 6 rings (SSSR count). The Morgan fingerprint density at radius 2 is 1.58 bits per heavy atom. The van der Waals surface area contributed by atoms with Crippen molar-refractivity contribution in [1.29, 1.82) is 0 Å². The Labute approximate surface area is 139 Å². The zero-order chi connectivity index (χ0) is 16.4. The number of ether oxygens (including phenoxy) is 1. The van der Waals surface area contributed by atoms with Gasteiger partial charge < -0.3 is 4.74 Å². The topological polar surface area (TPSA) is 63.7 Å². The van der Waals surface area contributed by atoms with Gasteiger partial charge in [-0.25, -0.2) is 4.79 Å². The fourth-order valence-electron chi connectivity index (χ4n) is 4.96. The summed E-state index contributed by atoms with van der Waals surface area (Å²) in [6, 6.07) is 8.69.